The van der Waals surface area contributed by atoms with E-state index in [0.717, 1.165) is 43.1 Å². The van der Waals surface area contributed by atoms with E-state index in [1.165, 1.54) is 0 Å². The van der Waals surface area contributed by atoms with Crippen LogP contribution in [-0.4, -0.2) is 36.3 Å². The normalized spacial score (nSPS) is 17.0. The molecule has 1 atom stereocenters. The van der Waals surface area contributed by atoms with Gasteiger partial charge in [-0.25, -0.2) is 4.98 Å². The summed E-state index contributed by atoms with van der Waals surface area (Å²) in [5, 5.41) is 6.54. The largest absolute Gasteiger partial charge is 0.496 e. The molecule has 0 aliphatic carbocycles. The highest BCUT2D eigenvalue weighted by atomic mass is 16.5. The van der Waals surface area contributed by atoms with Crippen LogP contribution in [0.2, 0.25) is 0 Å². The third-order valence-electron chi connectivity index (χ3n) is 3.82. The average Bonchev–Trinajstić information content (AvgIpc) is 3.12. The van der Waals surface area contributed by atoms with Crippen molar-refractivity contribution >= 4 is 11.8 Å². The maximum atomic E-state index is 5.60. The molecule has 2 heterocycles. The SMILES string of the molecule is COc1ccccc1CNc1nccc(NCC2CCCO2)n1. The standard InChI is InChI=1S/C17H22N4O2/c1-22-15-7-3-2-5-13(15)11-20-17-18-9-8-16(21-17)19-12-14-6-4-10-23-14/h2-3,5,7-9,14H,4,6,10-12H2,1H3,(H2,18,19,20,21). The summed E-state index contributed by atoms with van der Waals surface area (Å²) in [6, 6.07) is 9.76. The Balaban J connectivity index is 1.56. The van der Waals surface area contributed by atoms with Gasteiger partial charge in [0.1, 0.15) is 11.6 Å². The fourth-order valence-corrected chi connectivity index (χ4v) is 2.59. The van der Waals surface area contributed by atoms with Crippen LogP contribution in [0.1, 0.15) is 18.4 Å². The Morgan fingerprint density at radius 2 is 2.17 bits per heavy atom. The van der Waals surface area contributed by atoms with Crippen molar-refractivity contribution in [1.82, 2.24) is 9.97 Å². The predicted octanol–water partition coefficient (Wildman–Crippen LogP) is 2.69. The molecule has 1 fully saturated rings. The summed E-state index contributed by atoms with van der Waals surface area (Å²) >= 11 is 0. The topological polar surface area (TPSA) is 68.3 Å². The number of para-hydroxylation sites is 1. The summed E-state index contributed by atoms with van der Waals surface area (Å²) in [6.45, 7) is 2.25. The highest BCUT2D eigenvalue weighted by molar-refractivity contribution is 5.41. The van der Waals surface area contributed by atoms with E-state index in [1.807, 2.05) is 30.3 Å². The summed E-state index contributed by atoms with van der Waals surface area (Å²) in [4.78, 5) is 8.73. The highest BCUT2D eigenvalue weighted by Gasteiger charge is 2.15. The number of hydrogen-bond acceptors (Lipinski definition) is 6. The molecular formula is C17H22N4O2. The van der Waals surface area contributed by atoms with Crippen molar-refractivity contribution in [2.24, 2.45) is 0 Å². The molecule has 0 bridgehead atoms. The Morgan fingerprint density at radius 3 is 3.00 bits per heavy atom. The van der Waals surface area contributed by atoms with Crippen LogP contribution in [0.3, 0.4) is 0 Å². The first kappa shape index (κ1) is 15.6. The second kappa shape index (κ2) is 7.78. The molecule has 0 radical (unpaired) electrons. The maximum absolute atomic E-state index is 5.60. The first-order valence-corrected chi connectivity index (χ1v) is 7.89. The maximum Gasteiger partial charge on any atom is 0.224 e. The molecule has 0 amide bonds. The quantitative estimate of drug-likeness (QED) is 0.819. The number of methoxy groups -OCH3 is 1. The summed E-state index contributed by atoms with van der Waals surface area (Å²) in [5.41, 5.74) is 1.07. The van der Waals surface area contributed by atoms with Gasteiger partial charge in [-0.15, -0.1) is 0 Å². The Hall–Kier alpha value is -2.34. The zero-order valence-corrected chi connectivity index (χ0v) is 13.3. The van der Waals surface area contributed by atoms with Gasteiger partial charge in [0.2, 0.25) is 5.95 Å². The molecule has 0 spiro atoms. The molecule has 6 heteroatoms. The number of rotatable bonds is 7. The van der Waals surface area contributed by atoms with E-state index in [4.69, 9.17) is 9.47 Å². The lowest BCUT2D eigenvalue weighted by atomic mass is 10.2. The number of nitrogens with one attached hydrogen (secondary N) is 2. The van der Waals surface area contributed by atoms with Gasteiger partial charge in [-0.3, -0.25) is 0 Å². The van der Waals surface area contributed by atoms with E-state index in [1.54, 1.807) is 13.3 Å². The smallest absolute Gasteiger partial charge is 0.224 e. The Kier molecular flexibility index (Phi) is 5.26. The van der Waals surface area contributed by atoms with Crippen LogP contribution in [0.5, 0.6) is 5.75 Å². The lowest BCUT2D eigenvalue weighted by Gasteiger charge is -2.12. The van der Waals surface area contributed by atoms with E-state index in [9.17, 15) is 0 Å². The van der Waals surface area contributed by atoms with Gasteiger partial charge in [-0.2, -0.15) is 4.98 Å². The third kappa shape index (κ3) is 4.32. The second-order valence-electron chi connectivity index (χ2n) is 5.45. The van der Waals surface area contributed by atoms with Gasteiger partial charge in [0.05, 0.1) is 13.2 Å². The van der Waals surface area contributed by atoms with Gasteiger partial charge < -0.3 is 20.1 Å². The van der Waals surface area contributed by atoms with Crippen molar-refractivity contribution in [3.8, 4) is 5.75 Å². The minimum Gasteiger partial charge on any atom is -0.496 e. The van der Waals surface area contributed by atoms with Crippen molar-refractivity contribution in [2.75, 3.05) is 30.9 Å². The molecule has 3 rings (SSSR count). The van der Waals surface area contributed by atoms with Gasteiger partial charge >= 0.3 is 0 Å². The van der Waals surface area contributed by atoms with Crippen LogP contribution in [0.25, 0.3) is 0 Å². The molecule has 2 aromatic rings. The van der Waals surface area contributed by atoms with E-state index in [2.05, 4.69) is 20.6 Å². The molecule has 1 aromatic carbocycles. The lowest BCUT2D eigenvalue weighted by molar-refractivity contribution is 0.120. The fraction of sp³-hybridized carbons (Fsp3) is 0.412. The number of aromatic nitrogens is 2. The summed E-state index contributed by atoms with van der Waals surface area (Å²) in [5.74, 6) is 2.25. The zero-order valence-electron chi connectivity index (χ0n) is 13.3. The molecular weight excluding hydrogens is 292 g/mol. The summed E-state index contributed by atoms with van der Waals surface area (Å²) in [7, 11) is 1.67. The van der Waals surface area contributed by atoms with Gasteiger partial charge in [-0.1, -0.05) is 18.2 Å². The average molecular weight is 314 g/mol. The van der Waals surface area contributed by atoms with Crippen molar-refractivity contribution < 1.29 is 9.47 Å². The number of ether oxygens (including phenoxy) is 2. The van der Waals surface area contributed by atoms with Crippen LogP contribution in [0, 0.1) is 0 Å². The molecule has 122 valence electrons. The van der Waals surface area contributed by atoms with E-state index < -0.39 is 0 Å². The first-order valence-electron chi connectivity index (χ1n) is 7.89. The van der Waals surface area contributed by atoms with Gasteiger partial charge in [0, 0.05) is 31.5 Å². The molecule has 1 aliphatic rings. The van der Waals surface area contributed by atoms with E-state index in [0.29, 0.717) is 12.5 Å². The van der Waals surface area contributed by atoms with Crippen molar-refractivity contribution in [3.63, 3.8) is 0 Å². The van der Waals surface area contributed by atoms with Crippen LogP contribution in [-0.2, 0) is 11.3 Å². The minimum atomic E-state index is 0.287. The Labute approximate surface area is 136 Å². The zero-order chi connectivity index (χ0) is 15.9. The monoisotopic (exact) mass is 314 g/mol. The van der Waals surface area contributed by atoms with Crippen LogP contribution in [0.4, 0.5) is 11.8 Å². The molecule has 1 unspecified atom stereocenters. The predicted molar refractivity (Wildman–Crippen MR) is 89.8 cm³/mol. The van der Waals surface area contributed by atoms with E-state index >= 15 is 0 Å². The minimum absolute atomic E-state index is 0.287. The van der Waals surface area contributed by atoms with Crippen molar-refractivity contribution in [2.45, 2.75) is 25.5 Å². The van der Waals surface area contributed by atoms with Crippen LogP contribution in [0.15, 0.2) is 36.5 Å². The molecule has 1 aliphatic heterocycles. The molecule has 2 N–H and O–H groups in total. The number of hydrogen-bond donors (Lipinski definition) is 2. The number of anilines is 2. The van der Waals surface area contributed by atoms with Gasteiger partial charge in [0.15, 0.2) is 0 Å². The third-order valence-corrected chi connectivity index (χ3v) is 3.82. The van der Waals surface area contributed by atoms with Gasteiger partial charge in [-0.05, 0) is 25.0 Å². The highest BCUT2D eigenvalue weighted by Crippen LogP contribution is 2.18. The lowest BCUT2D eigenvalue weighted by Crippen LogP contribution is -2.19. The number of benzene rings is 1. The Morgan fingerprint density at radius 1 is 1.26 bits per heavy atom. The summed E-state index contributed by atoms with van der Waals surface area (Å²) < 4.78 is 10.9. The molecule has 1 saturated heterocycles. The summed E-state index contributed by atoms with van der Waals surface area (Å²) in [6.07, 6.45) is 4.28. The number of nitrogens with zero attached hydrogens (tertiary/aromatic N) is 2. The molecule has 0 saturated carbocycles. The second-order valence-corrected chi connectivity index (χ2v) is 5.45. The van der Waals surface area contributed by atoms with Crippen LogP contribution < -0.4 is 15.4 Å². The molecule has 6 nitrogen and oxygen atoms in total. The molecule has 23 heavy (non-hydrogen) atoms. The van der Waals surface area contributed by atoms with Crippen LogP contribution >= 0.6 is 0 Å². The molecule has 1 aromatic heterocycles. The van der Waals surface area contributed by atoms with Gasteiger partial charge in [0.25, 0.3) is 0 Å². The Bertz CT molecular complexity index is 629. The van der Waals surface area contributed by atoms with Crippen molar-refractivity contribution in [1.29, 1.82) is 0 Å². The van der Waals surface area contributed by atoms with Crippen molar-refractivity contribution in [3.05, 3.63) is 42.1 Å². The fourth-order valence-electron chi connectivity index (χ4n) is 2.59. The first-order chi connectivity index (χ1) is 11.3. The van der Waals surface area contributed by atoms with E-state index in [-0.39, 0.29) is 6.10 Å².